The number of amides is 1. The Morgan fingerprint density at radius 3 is 2.65 bits per heavy atom. The molecule has 2 aromatic carbocycles. The number of carbonyl (C=O) groups is 1. The normalized spacial score (nSPS) is 11.1. The van der Waals surface area contributed by atoms with Gasteiger partial charge in [-0.15, -0.1) is 0 Å². The van der Waals surface area contributed by atoms with E-state index in [0.29, 0.717) is 34.1 Å². The van der Waals surface area contributed by atoms with Crippen molar-refractivity contribution >= 4 is 28.5 Å². The van der Waals surface area contributed by atoms with Crippen molar-refractivity contribution in [1.82, 2.24) is 24.6 Å². The Bertz CT molecular complexity index is 1310. The van der Waals surface area contributed by atoms with Gasteiger partial charge in [0.15, 0.2) is 5.65 Å². The lowest BCUT2D eigenvalue weighted by molar-refractivity contribution is -0.121. The molecular formula is C22H19ClFN5O2. The van der Waals surface area contributed by atoms with Crippen LogP contribution in [0.1, 0.15) is 17.8 Å². The summed E-state index contributed by atoms with van der Waals surface area (Å²) in [5, 5.41) is 7.95. The molecule has 2 aromatic heterocycles. The fraction of sp³-hybridized carbons (Fsp3) is 0.182. The second kappa shape index (κ2) is 8.69. The highest BCUT2D eigenvalue weighted by atomic mass is 35.5. The quantitative estimate of drug-likeness (QED) is 0.499. The third kappa shape index (κ3) is 4.34. The number of carbonyl (C=O) groups excluding carboxylic acids is 1. The minimum Gasteiger partial charge on any atom is -0.352 e. The van der Waals surface area contributed by atoms with Gasteiger partial charge in [-0.05, 0) is 42.8 Å². The Morgan fingerprint density at radius 2 is 1.90 bits per heavy atom. The zero-order valence-electron chi connectivity index (χ0n) is 16.7. The number of aryl methyl sites for hydroxylation is 1. The molecule has 4 aromatic rings. The second-order valence-corrected chi connectivity index (χ2v) is 7.41. The minimum atomic E-state index is -0.362. The zero-order valence-corrected chi connectivity index (χ0v) is 17.4. The van der Waals surface area contributed by atoms with Gasteiger partial charge < -0.3 is 5.32 Å². The van der Waals surface area contributed by atoms with Crippen LogP contribution in [0.5, 0.6) is 0 Å². The first-order valence-electron chi connectivity index (χ1n) is 9.65. The summed E-state index contributed by atoms with van der Waals surface area (Å²) in [7, 11) is 0. The predicted octanol–water partition coefficient (Wildman–Crippen LogP) is 3.39. The van der Waals surface area contributed by atoms with Crippen LogP contribution in [-0.4, -0.2) is 25.2 Å². The maximum Gasteiger partial charge on any atom is 0.264 e. The maximum absolute atomic E-state index is 13.2. The molecule has 2 heterocycles. The third-order valence-corrected chi connectivity index (χ3v) is 5.31. The van der Waals surface area contributed by atoms with Crippen LogP contribution in [0, 0.1) is 12.7 Å². The molecule has 0 aliphatic carbocycles. The summed E-state index contributed by atoms with van der Waals surface area (Å²) >= 11 is 6.10. The van der Waals surface area contributed by atoms with Crippen LogP contribution in [0.4, 0.5) is 4.39 Å². The summed E-state index contributed by atoms with van der Waals surface area (Å²) in [5.74, 6) is -0.104. The van der Waals surface area contributed by atoms with E-state index >= 15 is 0 Å². The van der Waals surface area contributed by atoms with Crippen LogP contribution in [0.3, 0.4) is 0 Å². The third-order valence-electron chi connectivity index (χ3n) is 4.95. The van der Waals surface area contributed by atoms with Crippen molar-refractivity contribution in [2.24, 2.45) is 0 Å². The molecule has 0 bridgehead atoms. The Kier molecular flexibility index (Phi) is 5.81. The topological polar surface area (TPSA) is 81.8 Å². The number of fused-ring (bicyclic) bond motifs is 1. The highest BCUT2D eigenvalue weighted by Gasteiger charge is 2.15. The van der Waals surface area contributed by atoms with E-state index in [1.54, 1.807) is 25.1 Å². The summed E-state index contributed by atoms with van der Waals surface area (Å²) in [5.41, 5.74) is 1.52. The Labute approximate surface area is 182 Å². The van der Waals surface area contributed by atoms with Gasteiger partial charge in [0.05, 0.1) is 11.9 Å². The van der Waals surface area contributed by atoms with E-state index in [9.17, 15) is 14.0 Å². The van der Waals surface area contributed by atoms with Crippen molar-refractivity contribution in [3.63, 3.8) is 0 Å². The summed E-state index contributed by atoms with van der Waals surface area (Å²) in [6.07, 6.45) is 1.55. The van der Waals surface area contributed by atoms with Gasteiger partial charge in [-0.1, -0.05) is 29.8 Å². The number of benzene rings is 2. The summed E-state index contributed by atoms with van der Waals surface area (Å²) in [4.78, 5) is 29.7. The molecule has 0 saturated carbocycles. The van der Waals surface area contributed by atoms with Crippen molar-refractivity contribution in [3.8, 4) is 5.69 Å². The van der Waals surface area contributed by atoms with E-state index in [0.717, 1.165) is 5.56 Å². The SMILES string of the molecule is Cc1nc2c(cnn2-c2ccc(F)cc2)c(=O)n1CCC(=O)NCc1ccccc1Cl. The number of hydrogen-bond acceptors (Lipinski definition) is 4. The molecular weight excluding hydrogens is 421 g/mol. The first-order chi connectivity index (χ1) is 14.9. The van der Waals surface area contributed by atoms with E-state index in [1.807, 2.05) is 18.2 Å². The largest absolute Gasteiger partial charge is 0.352 e. The fourth-order valence-electron chi connectivity index (χ4n) is 3.28. The highest BCUT2D eigenvalue weighted by molar-refractivity contribution is 6.31. The maximum atomic E-state index is 13.2. The molecule has 0 saturated heterocycles. The van der Waals surface area contributed by atoms with Crippen molar-refractivity contribution in [1.29, 1.82) is 0 Å². The molecule has 0 spiro atoms. The van der Waals surface area contributed by atoms with Crippen LogP contribution in [-0.2, 0) is 17.9 Å². The van der Waals surface area contributed by atoms with Crippen molar-refractivity contribution in [3.05, 3.63) is 87.3 Å². The molecule has 1 N–H and O–H groups in total. The van der Waals surface area contributed by atoms with Crippen LogP contribution in [0.25, 0.3) is 16.7 Å². The number of nitrogens with one attached hydrogen (secondary N) is 1. The van der Waals surface area contributed by atoms with E-state index in [-0.39, 0.29) is 30.2 Å². The summed E-state index contributed by atoms with van der Waals surface area (Å²) in [6, 6.07) is 13.0. The Morgan fingerprint density at radius 1 is 1.16 bits per heavy atom. The van der Waals surface area contributed by atoms with E-state index in [2.05, 4.69) is 15.4 Å². The molecule has 0 atom stereocenters. The molecule has 158 valence electrons. The predicted molar refractivity (Wildman–Crippen MR) is 116 cm³/mol. The molecule has 0 aliphatic rings. The minimum absolute atomic E-state index is 0.116. The van der Waals surface area contributed by atoms with Crippen LogP contribution in [0.15, 0.2) is 59.5 Å². The fourth-order valence-corrected chi connectivity index (χ4v) is 3.48. The average Bonchev–Trinajstić information content (AvgIpc) is 3.17. The van der Waals surface area contributed by atoms with Crippen molar-refractivity contribution in [2.75, 3.05) is 0 Å². The zero-order chi connectivity index (χ0) is 22.0. The number of halogens is 2. The number of rotatable bonds is 6. The second-order valence-electron chi connectivity index (χ2n) is 7.00. The van der Waals surface area contributed by atoms with Crippen LogP contribution in [0.2, 0.25) is 5.02 Å². The molecule has 0 radical (unpaired) electrons. The van der Waals surface area contributed by atoms with Crippen molar-refractivity contribution in [2.45, 2.75) is 26.4 Å². The first kappa shape index (κ1) is 20.7. The molecule has 0 aliphatic heterocycles. The first-order valence-corrected chi connectivity index (χ1v) is 10.0. The number of hydrogen-bond donors (Lipinski definition) is 1. The molecule has 31 heavy (non-hydrogen) atoms. The highest BCUT2D eigenvalue weighted by Crippen LogP contribution is 2.16. The molecule has 7 nitrogen and oxygen atoms in total. The summed E-state index contributed by atoms with van der Waals surface area (Å²) < 4.78 is 16.1. The van der Waals surface area contributed by atoms with Gasteiger partial charge in [-0.25, -0.2) is 14.1 Å². The smallest absolute Gasteiger partial charge is 0.264 e. The molecule has 9 heteroatoms. The molecule has 0 fully saturated rings. The monoisotopic (exact) mass is 439 g/mol. The van der Waals surface area contributed by atoms with Crippen LogP contribution >= 0.6 is 11.6 Å². The average molecular weight is 440 g/mol. The molecule has 4 rings (SSSR count). The lowest BCUT2D eigenvalue weighted by Crippen LogP contribution is -2.29. The standard InChI is InChI=1S/C22H19ClFN5O2/c1-14-27-21-18(13-26-29(21)17-8-6-16(24)7-9-17)22(31)28(14)11-10-20(30)25-12-15-4-2-3-5-19(15)23/h2-9,13H,10-12H2,1H3,(H,25,30). The van der Waals surface area contributed by atoms with Crippen molar-refractivity contribution < 1.29 is 9.18 Å². The lowest BCUT2D eigenvalue weighted by atomic mass is 10.2. The van der Waals surface area contributed by atoms with Gasteiger partial charge in [0, 0.05) is 24.5 Å². The Hall–Kier alpha value is -3.52. The van der Waals surface area contributed by atoms with Gasteiger partial charge in [0.2, 0.25) is 5.91 Å². The van der Waals surface area contributed by atoms with E-state index < -0.39 is 0 Å². The lowest BCUT2D eigenvalue weighted by Gasteiger charge is -2.11. The van der Waals surface area contributed by atoms with E-state index in [1.165, 1.54) is 27.6 Å². The Balaban J connectivity index is 1.51. The molecule has 0 unspecified atom stereocenters. The van der Waals surface area contributed by atoms with Crippen LogP contribution < -0.4 is 10.9 Å². The van der Waals surface area contributed by atoms with Gasteiger partial charge >= 0.3 is 0 Å². The van der Waals surface area contributed by atoms with E-state index in [4.69, 9.17) is 11.6 Å². The van der Waals surface area contributed by atoms with Gasteiger partial charge in [0.1, 0.15) is 17.0 Å². The molecule has 1 amide bonds. The number of aromatic nitrogens is 4. The summed E-state index contributed by atoms with van der Waals surface area (Å²) in [6.45, 7) is 2.20. The van der Waals surface area contributed by atoms with Gasteiger partial charge in [0.25, 0.3) is 5.56 Å². The van der Waals surface area contributed by atoms with Gasteiger partial charge in [-0.3, -0.25) is 14.2 Å². The number of nitrogens with zero attached hydrogens (tertiary/aromatic N) is 4. The van der Waals surface area contributed by atoms with Gasteiger partial charge in [-0.2, -0.15) is 5.10 Å².